The van der Waals surface area contributed by atoms with Gasteiger partial charge in [0, 0.05) is 25.0 Å². The largest absolute Gasteiger partial charge is 0.357 e. The molecule has 0 radical (unpaired) electrons. The van der Waals surface area contributed by atoms with E-state index in [-0.39, 0.29) is 5.91 Å². The molecule has 0 bridgehead atoms. The summed E-state index contributed by atoms with van der Waals surface area (Å²) in [7, 11) is 2.03. The van der Waals surface area contributed by atoms with Gasteiger partial charge in [-0.2, -0.15) is 0 Å². The number of rotatable bonds is 1. The average molecular weight is 379 g/mol. The number of aryl methyl sites for hydroxylation is 2. The smallest absolute Gasteiger partial charge is 0.269 e. The van der Waals surface area contributed by atoms with Crippen LogP contribution in [0.3, 0.4) is 0 Å². The molecule has 1 aromatic carbocycles. The number of carbonyl (C=O) groups is 1. The third kappa shape index (κ3) is 2.88. The highest BCUT2D eigenvalue weighted by molar-refractivity contribution is 7.14. The molecule has 138 valence electrons. The third-order valence-electron chi connectivity index (χ3n) is 5.48. The van der Waals surface area contributed by atoms with Crippen molar-refractivity contribution in [1.29, 1.82) is 0 Å². The number of nitrogens with zero attached hydrogens (tertiary/aromatic N) is 4. The standard InChI is InChI=1S/C21H22N4OS/c1-24-11-6-12-25(20-19(24)22-15-8-3-4-9-16(15)23-20)21(26)18-13-14-7-2-5-10-17(14)27-18/h3-4,8-9,13H,2,5-7,10-12H2,1H3. The molecule has 0 N–H and O–H groups in total. The number of benzene rings is 1. The molecule has 27 heavy (non-hydrogen) atoms. The van der Waals surface area contributed by atoms with E-state index >= 15 is 0 Å². The van der Waals surface area contributed by atoms with Crippen LogP contribution in [-0.2, 0) is 12.8 Å². The number of fused-ring (bicyclic) bond motifs is 3. The highest BCUT2D eigenvalue weighted by Crippen LogP contribution is 2.34. The summed E-state index contributed by atoms with van der Waals surface area (Å²) in [5.41, 5.74) is 3.06. The highest BCUT2D eigenvalue weighted by atomic mass is 32.1. The van der Waals surface area contributed by atoms with Gasteiger partial charge >= 0.3 is 0 Å². The molecule has 5 nitrogen and oxygen atoms in total. The van der Waals surface area contributed by atoms with Crippen LogP contribution < -0.4 is 9.80 Å². The van der Waals surface area contributed by atoms with E-state index in [1.165, 1.54) is 23.3 Å². The molecule has 1 amide bonds. The Morgan fingerprint density at radius 2 is 1.74 bits per heavy atom. The zero-order chi connectivity index (χ0) is 18.4. The minimum absolute atomic E-state index is 0.0653. The molecule has 5 rings (SSSR count). The maximum atomic E-state index is 13.4. The van der Waals surface area contributed by atoms with Gasteiger partial charge in [0.25, 0.3) is 5.91 Å². The molecule has 0 saturated heterocycles. The van der Waals surface area contributed by atoms with Gasteiger partial charge in [-0.3, -0.25) is 9.69 Å². The molecule has 0 atom stereocenters. The van der Waals surface area contributed by atoms with Crippen LogP contribution in [0.15, 0.2) is 30.3 Å². The van der Waals surface area contributed by atoms with E-state index in [9.17, 15) is 4.79 Å². The fourth-order valence-corrected chi connectivity index (χ4v) is 5.23. The summed E-state index contributed by atoms with van der Waals surface area (Å²) in [6.07, 6.45) is 5.57. The van der Waals surface area contributed by atoms with E-state index in [4.69, 9.17) is 9.97 Å². The van der Waals surface area contributed by atoms with Crippen molar-refractivity contribution in [1.82, 2.24) is 9.97 Å². The van der Waals surface area contributed by atoms with Crippen molar-refractivity contribution in [2.75, 3.05) is 29.9 Å². The van der Waals surface area contributed by atoms with Crippen molar-refractivity contribution >= 4 is 39.9 Å². The normalized spacial score (nSPS) is 16.8. The highest BCUT2D eigenvalue weighted by Gasteiger charge is 2.29. The molecule has 1 aliphatic carbocycles. The summed E-state index contributed by atoms with van der Waals surface area (Å²) >= 11 is 1.67. The first-order valence-corrected chi connectivity index (χ1v) is 10.4. The summed E-state index contributed by atoms with van der Waals surface area (Å²) in [5, 5.41) is 0. The summed E-state index contributed by atoms with van der Waals surface area (Å²) < 4.78 is 0. The third-order valence-corrected chi connectivity index (χ3v) is 6.70. The van der Waals surface area contributed by atoms with Crippen LogP contribution in [0.25, 0.3) is 11.0 Å². The lowest BCUT2D eigenvalue weighted by molar-refractivity contribution is 0.0990. The van der Waals surface area contributed by atoms with Crippen LogP contribution in [0, 0.1) is 0 Å². The number of aromatic nitrogens is 2. The van der Waals surface area contributed by atoms with Crippen LogP contribution in [0.1, 0.15) is 39.4 Å². The monoisotopic (exact) mass is 378 g/mol. The van der Waals surface area contributed by atoms with Crippen LogP contribution in [0.5, 0.6) is 0 Å². The van der Waals surface area contributed by atoms with Gasteiger partial charge < -0.3 is 4.90 Å². The summed E-state index contributed by atoms with van der Waals surface area (Å²) in [5.74, 6) is 1.54. The molecule has 2 aliphatic rings. The lowest BCUT2D eigenvalue weighted by atomic mass is 9.99. The molecule has 0 unspecified atom stereocenters. The minimum Gasteiger partial charge on any atom is -0.357 e. The topological polar surface area (TPSA) is 49.3 Å². The molecule has 0 fully saturated rings. The Morgan fingerprint density at radius 1 is 1.00 bits per heavy atom. The van der Waals surface area contributed by atoms with Gasteiger partial charge in [-0.1, -0.05) is 12.1 Å². The molecule has 0 saturated carbocycles. The Kier molecular flexibility index (Phi) is 4.08. The van der Waals surface area contributed by atoms with Crippen LogP contribution in [0.2, 0.25) is 0 Å². The first-order valence-electron chi connectivity index (χ1n) is 9.62. The van der Waals surface area contributed by atoms with Crippen molar-refractivity contribution in [3.8, 4) is 0 Å². The number of carbonyl (C=O) groups excluding carboxylic acids is 1. The molecule has 6 heteroatoms. The van der Waals surface area contributed by atoms with E-state index < -0.39 is 0 Å². The van der Waals surface area contributed by atoms with Crippen molar-refractivity contribution in [2.45, 2.75) is 32.1 Å². The second-order valence-corrected chi connectivity index (χ2v) is 8.49. The minimum atomic E-state index is 0.0653. The SMILES string of the molecule is CN1CCCN(C(=O)c2cc3c(s2)CCCC3)c2nc3ccccc3nc21. The Labute approximate surface area is 162 Å². The molecule has 1 aliphatic heterocycles. The fraction of sp³-hybridized carbons (Fsp3) is 0.381. The zero-order valence-electron chi connectivity index (χ0n) is 15.4. The van der Waals surface area contributed by atoms with Crippen LogP contribution in [0.4, 0.5) is 11.6 Å². The van der Waals surface area contributed by atoms with E-state index in [0.29, 0.717) is 12.4 Å². The van der Waals surface area contributed by atoms with Gasteiger partial charge in [0.05, 0.1) is 15.9 Å². The number of amides is 1. The predicted molar refractivity (Wildman–Crippen MR) is 110 cm³/mol. The Hall–Kier alpha value is -2.47. The lowest BCUT2D eigenvalue weighted by Crippen LogP contribution is -2.32. The molecular formula is C21H22N4OS. The Bertz CT molecular complexity index is 1000. The van der Waals surface area contributed by atoms with Gasteiger partial charge in [-0.05, 0) is 55.9 Å². The molecular weight excluding hydrogens is 356 g/mol. The van der Waals surface area contributed by atoms with Crippen molar-refractivity contribution in [2.24, 2.45) is 0 Å². The second kappa shape index (κ2) is 6.60. The molecule has 2 aromatic heterocycles. The second-order valence-electron chi connectivity index (χ2n) is 7.36. The van der Waals surface area contributed by atoms with Crippen LogP contribution in [-0.4, -0.2) is 36.0 Å². The first kappa shape index (κ1) is 16.7. The first-order chi connectivity index (χ1) is 13.2. The molecule has 3 aromatic rings. The lowest BCUT2D eigenvalue weighted by Gasteiger charge is -2.22. The van der Waals surface area contributed by atoms with Gasteiger partial charge in [-0.15, -0.1) is 11.3 Å². The van der Waals surface area contributed by atoms with E-state index in [1.54, 1.807) is 11.3 Å². The predicted octanol–water partition coefficient (Wildman–Crippen LogP) is 4.06. The van der Waals surface area contributed by atoms with Gasteiger partial charge in [0.2, 0.25) is 0 Å². The number of hydrogen-bond donors (Lipinski definition) is 0. The fourth-order valence-electron chi connectivity index (χ4n) is 4.02. The summed E-state index contributed by atoms with van der Waals surface area (Å²) in [6, 6.07) is 9.98. The van der Waals surface area contributed by atoms with E-state index in [2.05, 4.69) is 11.0 Å². The van der Waals surface area contributed by atoms with Gasteiger partial charge in [0.1, 0.15) is 0 Å². The van der Waals surface area contributed by atoms with Crippen molar-refractivity contribution < 1.29 is 4.79 Å². The van der Waals surface area contributed by atoms with Crippen molar-refractivity contribution in [3.05, 3.63) is 45.6 Å². The molecule has 0 spiro atoms. The Balaban J connectivity index is 1.60. The quantitative estimate of drug-likeness (QED) is 0.641. The van der Waals surface area contributed by atoms with E-state index in [1.807, 2.05) is 36.2 Å². The van der Waals surface area contributed by atoms with Gasteiger partial charge in [0.15, 0.2) is 11.6 Å². The zero-order valence-corrected chi connectivity index (χ0v) is 16.3. The Morgan fingerprint density at radius 3 is 2.52 bits per heavy atom. The average Bonchev–Trinajstić information content (AvgIpc) is 3.07. The number of para-hydroxylation sites is 2. The maximum absolute atomic E-state index is 13.4. The van der Waals surface area contributed by atoms with Crippen LogP contribution >= 0.6 is 11.3 Å². The molecule has 3 heterocycles. The number of anilines is 2. The van der Waals surface area contributed by atoms with E-state index in [0.717, 1.165) is 47.5 Å². The number of hydrogen-bond acceptors (Lipinski definition) is 5. The summed E-state index contributed by atoms with van der Waals surface area (Å²) in [4.78, 5) is 29.3. The maximum Gasteiger partial charge on any atom is 0.269 e. The summed E-state index contributed by atoms with van der Waals surface area (Å²) in [6.45, 7) is 1.54. The number of thiophene rings is 1. The van der Waals surface area contributed by atoms with Gasteiger partial charge in [-0.25, -0.2) is 9.97 Å². The van der Waals surface area contributed by atoms with Crippen molar-refractivity contribution in [3.63, 3.8) is 0 Å².